The van der Waals surface area contributed by atoms with E-state index in [-0.39, 0.29) is 81.6 Å². The molecular weight excluding hydrogens is 1320 g/mol. The molecule has 2 aromatic rings. The molecule has 27 heteroatoms. The van der Waals surface area contributed by atoms with Crippen LogP contribution < -0.4 is 21.3 Å². The number of hydrogen-bond donors (Lipinski definition) is 6. The third-order valence-corrected chi connectivity index (χ3v) is 19.4. The first-order valence-electron chi connectivity index (χ1n) is 36.6. The number of amides is 12. The summed E-state index contributed by atoms with van der Waals surface area (Å²) < 4.78 is 5.98. The average Bonchev–Trinajstić information content (AvgIpc) is 0.817. The molecule has 0 aromatic heterocycles. The zero-order valence-electron chi connectivity index (χ0n) is 64.7. The van der Waals surface area contributed by atoms with E-state index in [2.05, 4.69) is 21.3 Å². The number of nitrogens with zero attached hydrogens (tertiary/aromatic N) is 8. The lowest BCUT2D eigenvalue weighted by molar-refractivity contribution is -0.152. The van der Waals surface area contributed by atoms with E-state index < -0.39 is 163 Å². The molecule has 0 aliphatic carbocycles. The fourth-order valence-electron chi connectivity index (χ4n) is 12.8. The predicted molar refractivity (Wildman–Crippen MR) is 392 cm³/mol. The summed E-state index contributed by atoms with van der Waals surface area (Å²) in [5, 5.41) is 33.1. The van der Waals surface area contributed by atoms with Gasteiger partial charge in [0, 0.05) is 75.5 Å². The number of likely N-dealkylation sites (tertiary alicyclic amines) is 1. The van der Waals surface area contributed by atoms with Crippen molar-refractivity contribution in [1.82, 2.24) is 60.5 Å². The molecule has 11 atom stereocenters. The molecule has 2 aromatic carbocycles. The molecule has 2 aliphatic heterocycles. The molecule has 4 rings (SSSR count). The largest absolute Gasteiger partial charge is 0.391 e. The quantitative estimate of drug-likeness (QED) is 0.104. The van der Waals surface area contributed by atoms with E-state index in [9.17, 15) is 43.8 Å². The Morgan fingerprint density at radius 3 is 1.50 bits per heavy atom. The maximum atomic E-state index is 15.5. The molecule has 103 heavy (non-hydrogen) atoms. The average molecular weight is 1440 g/mol. The Bertz CT molecular complexity index is 3160. The smallest absolute Gasteiger partial charge is 0.248 e. The van der Waals surface area contributed by atoms with E-state index >= 15 is 24.0 Å². The summed E-state index contributed by atoms with van der Waals surface area (Å²) in [5.41, 5.74) is 0.299. The molecule has 2 aliphatic rings. The van der Waals surface area contributed by atoms with Crippen LogP contribution >= 0.6 is 0 Å². The van der Waals surface area contributed by atoms with E-state index in [1.807, 2.05) is 85.7 Å². The highest BCUT2D eigenvalue weighted by Gasteiger charge is 2.44. The second-order valence-electron chi connectivity index (χ2n) is 30.6. The van der Waals surface area contributed by atoms with Gasteiger partial charge in [0.05, 0.1) is 31.3 Å². The number of hydrogen-bond acceptors (Lipinski definition) is 15. The van der Waals surface area contributed by atoms with Gasteiger partial charge < -0.3 is 75.4 Å². The van der Waals surface area contributed by atoms with Gasteiger partial charge in [-0.2, -0.15) is 0 Å². The number of aliphatic hydroxyl groups is 2. The number of rotatable bonds is 20. The summed E-state index contributed by atoms with van der Waals surface area (Å²) in [6.45, 7) is 20.0. The van der Waals surface area contributed by atoms with Gasteiger partial charge in [-0.25, -0.2) is 0 Å². The fraction of sp³-hybridized carbons (Fsp3) is 0.684. The van der Waals surface area contributed by atoms with Crippen LogP contribution in [-0.2, 0) is 75.1 Å². The van der Waals surface area contributed by atoms with Crippen LogP contribution in [0, 0.1) is 23.7 Å². The number of carbonyl (C=O) groups is 12. The van der Waals surface area contributed by atoms with Crippen molar-refractivity contribution in [2.24, 2.45) is 23.7 Å². The number of piperidine rings is 1. The maximum Gasteiger partial charge on any atom is 0.248 e. The Morgan fingerprint density at radius 1 is 0.515 bits per heavy atom. The van der Waals surface area contributed by atoms with E-state index in [1.165, 1.54) is 82.8 Å². The molecule has 27 nitrogen and oxygen atoms in total. The molecule has 6 N–H and O–H groups in total. The number of likely N-dealkylation sites (N-methyl/N-ethyl adjacent to an activating group) is 7. The monoisotopic (exact) mass is 1440 g/mol. The van der Waals surface area contributed by atoms with Gasteiger partial charge >= 0.3 is 0 Å². The summed E-state index contributed by atoms with van der Waals surface area (Å²) in [5.74, 6) is -9.91. The summed E-state index contributed by atoms with van der Waals surface area (Å²) >= 11 is 0. The highest BCUT2D eigenvalue weighted by Crippen LogP contribution is 2.24. The second kappa shape index (κ2) is 40.9. The Labute approximate surface area is 611 Å². The van der Waals surface area contributed by atoms with Crippen LogP contribution in [0.3, 0.4) is 0 Å². The number of nitrogens with one attached hydrogen (secondary N) is 4. The highest BCUT2D eigenvalue weighted by atomic mass is 16.5. The van der Waals surface area contributed by atoms with Crippen molar-refractivity contribution in [2.45, 2.75) is 232 Å². The zero-order valence-corrected chi connectivity index (χ0v) is 64.7. The minimum absolute atomic E-state index is 0.0391. The first-order chi connectivity index (χ1) is 48.2. The van der Waals surface area contributed by atoms with Crippen LogP contribution in [0.2, 0.25) is 0 Å². The molecule has 0 saturated carbocycles. The number of aliphatic hydroxyl groups excluding tert-OH is 1. The van der Waals surface area contributed by atoms with E-state index in [0.29, 0.717) is 31.5 Å². The van der Waals surface area contributed by atoms with Gasteiger partial charge in [0.15, 0.2) is 0 Å². The number of aryl methyl sites for hydroxylation is 1. The lowest BCUT2D eigenvalue weighted by Crippen LogP contribution is -2.62. The Morgan fingerprint density at radius 2 is 0.971 bits per heavy atom. The molecule has 12 amide bonds. The SMILES string of the molecule is CC(C)C[C@@H]1NC(=O)[C@H](Cc2ccccc2)N(C)C(=O)[C@H](CC(C)C)N(C)C(=O)[C@H](COCCC(C)(C)O)NC(=O)[C@H](C)N(C)C(=O)C[C@@H](C(=O)N2CCCCC2)NC(=O)[C@H](CC(C)C)N(C)C(=O)CN(C)C(=O)[C@H](C(C)O)NC(=O)[C@H](CC(C)C)N(C)C(=O)C(CCc2ccccc2)N(C)C1=O. The summed E-state index contributed by atoms with van der Waals surface area (Å²) in [4.78, 5) is 190. The van der Waals surface area contributed by atoms with Crippen LogP contribution in [0.5, 0.6) is 0 Å². The van der Waals surface area contributed by atoms with Crippen molar-refractivity contribution in [3.05, 3.63) is 71.8 Å². The third-order valence-electron chi connectivity index (χ3n) is 19.4. The van der Waals surface area contributed by atoms with Crippen LogP contribution in [-0.4, -0.2) is 275 Å². The van der Waals surface area contributed by atoms with Gasteiger partial charge in [0.1, 0.15) is 60.4 Å². The van der Waals surface area contributed by atoms with Crippen molar-refractivity contribution < 1.29 is 72.5 Å². The van der Waals surface area contributed by atoms with Crippen molar-refractivity contribution in [2.75, 3.05) is 82.2 Å². The van der Waals surface area contributed by atoms with Crippen LogP contribution in [0.4, 0.5) is 0 Å². The highest BCUT2D eigenvalue weighted by molar-refractivity contribution is 6.00. The van der Waals surface area contributed by atoms with Gasteiger partial charge in [0.2, 0.25) is 70.9 Å². The molecule has 2 heterocycles. The standard InChI is InChI=1S/C76H122N12O15/c1-47(2)39-55-70(96)84(16)58(34-33-53-29-23-20-24-30-53)73(99)85(17)60(41-49(5)6)69(95)80-65(52(10)89)75(101)81(13)45-64(91)83(15)59(40-48(3)4)67(93)78-56(72(98)88-36-27-22-28-37-88)44-63(90)82(14)51(9)66(92)79-57(46-103-38-35-76(11,12)102)71(97)87(19)62(42-50(7)8)74(100)86(18)61(68(94)77-55)43-54-31-25-21-26-32-54/h20-21,23-26,29-32,47-52,55-62,65,89,102H,22,27-28,33-46H2,1-19H3,(H,77,94)(H,78,93)(H,79,92)(H,80,95)/t51-,52?,55-,56-,57-,58?,59-,60-,61-,62-,65-/m0/s1. The lowest BCUT2D eigenvalue weighted by Gasteiger charge is -2.38. The maximum absolute atomic E-state index is 15.5. The van der Waals surface area contributed by atoms with Crippen LogP contribution in [0.1, 0.15) is 158 Å². The molecular formula is C76H122N12O15. The summed E-state index contributed by atoms with van der Waals surface area (Å²) in [7, 11) is 9.67. The molecule has 0 spiro atoms. The predicted octanol–water partition coefficient (Wildman–Crippen LogP) is 3.40. The van der Waals surface area contributed by atoms with Crippen molar-refractivity contribution in [3.63, 3.8) is 0 Å². The van der Waals surface area contributed by atoms with Gasteiger partial charge in [-0.3, -0.25) is 57.5 Å². The molecule has 2 unspecified atom stereocenters. The Kier molecular flexibility index (Phi) is 34.7. The van der Waals surface area contributed by atoms with Gasteiger partial charge in [-0.15, -0.1) is 0 Å². The fourth-order valence-corrected chi connectivity index (χ4v) is 12.8. The minimum Gasteiger partial charge on any atom is -0.391 e. The van der Waals surface area contributed by atoms with E-state index in [0.717, 1.165) is 26.7 Å². The van der Waals surface area contributed by atoms with Crippen molar-refractivity contribution in [1.29, 1.82) is 0 Å². The molecule has 2 saturated heterocycles. The van der Waals surface area contributed by atoms with Gasteiger partial charge in [0.25, 0.3) is 0 Å². The van der Waals surface area contributed by atoms with E-state index in [1.54, 1.807) is 49.1 Å². The molecule has 2 fully saturated rings. The van der Waals surface area contributed by atoms with Crippen molar-refractivity contribution >= 4 is 70.9 Å². The van der Waals surface area contributed by atoms with E-state index in [4.69, 9.17) is 4.74 Å². The summed E-state index contributed by atoms with van der Waals surface area (Å²) in [6.07, 6.45) is 0.567. The van der Waals surface area contributed by atoms with Crippen molar-refractivity contribution in [3.8, 4) is 0 Å². The number of benzene rings is 2. The van der Waals surface area contributed by atoms with Crippen LogP contribution in [0.25, 0.3) is 0 Å². The second-order valence-corrected chi connectivity index (χ2v) is 30.6. The van der Waals surface area contributed by atoms with Gasteiger partial charge in [-0.05, 0) is 127 Å². The summed E-state index contributed by atoms with van der Waals surface area (Å²) in [6, 6.07) is 4.33. The molecule has 0 bridgehead atoms. The molecule has 576 valence electrons. The Balaban J connectivity index is 1.99. The normalized spacial score (nSPS) is 24.8. The minimum atomic E-state index is -1.67. The number of ether oxygens (including phenoxy) is 1. The zero-order chi connectivity index (χ0) is 77.5. The molecule has 0 radical (unpaired) electrons. The van der Waals surface area contributed by atoms with Crippen LogP contribution in [0.15, 0.2) is 60.7 Å². The third kappa shape index (κ3) is 26.6. The Hall–Kier alpha value is -8.04. The number of carbonyl (C=O) groups excluding carboxylic acids is 12. The first-order valence-corrected chi connectivity index (χ1v) is 36.6. The first kappa shape index (κ1) is 87.4. The van der Waals surface area contributed by atoms with Gasteiger partial charge in [-0.1, -0.05) is 116 Å². The lowest BCUT2D eigenvalue weighted by atomic mass is 9.96. The topological polar surface area (TPSA) is 329 Å².